The van der Waals surface area contributed by atoms with E-state index in [9.17, 15) is 20.2 Å². The van der Waals surface area contributed by atoms with Crippen LogP contribution in [0.4, 0.5) is 11.4 Å². The minimum atomic E-state index is -1.58. The van der Waals surface area contributed by atoms with E-state index in [1.165, 1.54) is 48.5 Å². The normalized spacial score (nSPS) is 8.83. The monoisotopic (exact) mass is 340 g/mol. The molecule has 0 aliphatic rings. The number of phenols is 1. The van der Waals surface area contributed by atoms with Gasteiger partial charge in [-0.1, -0.05) is 12.1 Å². The van der Waals surface area contributed by atoms with Gasteiger partial charge in [0.1, 0.15) is 5.75 Å². The molecule has 12 heteroatoms. The van der Waals surface area contributed by atoms with E-state index in [2.05, 4.69) is 0 Å². The maximum atomic E-state index is 10.2. The smallest absolute Gasteiger partial charge is 0.488 e. The number of nitro groups is 2. The largest absolute Gasteiger partial charge is 0.508 e. The first kappa shape index (κ1) is 20.9. The molecule has 0 spiro atoms. The topological polar surface area (TPSA) is 187 Å². The number of nitrogens with zero attached hydrogens (tertiary/aromatic N) is 2. The van der Waals surface area contributed by atoms with Crippen LogP contribution in [0, 0.1) is 20.2 Å². The Balaban J connectivity index is 0.000000405. The number of phenolic OH excluding ortho intramolecular Hbond substituents is 1. The average Bonchev–Trinajstić information content (AvgIpc) is 2.57. The molecule has 5 N–H and O–H groups in total. The fourth-order valence-electron chi connectivity index (χ4n) is 1.34. The molecule has 128 valence electrons. The molecule has 0 atom stereocenters. The van der Waals surface area contributed by atoms with E-state index in [-0.39, 0.29) is 22.6 Å². The van der Waals surface area contributed by atoms with E-state index in [4.69, 9.17) is 25.7 Å². The standard InChI is InChI=1S/C6H6BNO4.C6H5NO3.H2O2/c9-7(10)5-1-3-6(4-2-5)8(11)12;8-6-3-1-5(2-4-6)7(9)10;1-2/h1-4,9-10H;1-4,8H;1-2H. The van der Waals surface area contributed by atoms with Crippen molar-refractivity contribution in [2.24, 2.45) is 0 Å². The summed E-state index contributed by atoms with van der Waals surface area (Å²) in [5, 5.41) is 58.2. The Bertz CT molecular complexity index is 647. The van der Waals surface area contributed by atoms with Crippen molar-refractivity contribution in [3.8, 4) is 5.75 Å². The number of hydrogen-bond donors (Lipinski definition) is 5. The van der Waals surface area contributed by atoms with Gasteiger partial charge in [-0.3, -0.25) is 30.7 Å². The van der Waals surface area contributed by atoms with Crippen LogP contribution in [0.3, 0.4) is 0 Å². The SMILES string of the molecule is O=[N+]([O-])c1ccc(B(O)O)cc1.O=[N+]([O-])c1ccc(O)cc1.OO. The van der Waals surface area contributed by atoms with E-state index in [1.807, 2.05) is 0 Å². The molecule has 2 rings (SSSR count). The Morgan fingerprint density at radius 3 is 1.38 bits per heavy atom. The van der Waals surface area contributed by atoms with Crippen LogP contribution in [0.2, 0.25) is 0 Å². The molecule has 0 unspecified atom stereocenters. The summed E-state index contributed by atoms with van der Waals surface area (Å²) >= 11 is 0. The van der Waals surface area contributed by atoms with Crippen molar-refractivity contribution >= 4 is 24.0 Å². The number of benzene rings is 2. The second kappa shape index (κ2) is 10.6. The predicted octanol–water partition coefficient (Wildman–Crippen LogP) is 0.592. The fourth-order valence-corrected chi connectivity index (χ4v) is 1.34. The van der Waals surface area contributed by atoms with Crippen molar-refractivity contribution in [3.05, 3.63) is 68.8 Å². The lowest BCUT2D eigenvalue weighted by Crippen LogP contribution is -2.29. The van der Waals surface area contributed by atoms with Gasteiger partial charge in [-0.25, -0.2) is 0 Å². The first-order valence-electron chi connectivity index (χ1n) is 6.05. The van der Waals surface area contributed by atoms with Crippen molar-refractivity contribution in [3.63, 3.8) is 0 Å². The molecule has 0 aromatic heterocycles. The van der Waals surface area contributed by atoms with E-state index < -0.39 is 17.0 Å². The van der Waals surface area contributed by atoms with Gasteiger partial charge in [0, 0.05) is 24.3 Å². The molecule has 0 aliphatic heterocycles. The maximum Gasteiger partial charge on any atom is 0.488 e. The number of rotatable bonds is 3. The van der Waals surface area contributed by atoms with Crippen LogP contribution in [0.25, 0.3) is 0 Å². The maximum absolute atomic E-state index is 10.2. The highest BCUT2D eigenvalue weighted by Crippen LogP contribution is 2.15. The van der Waals surface area contributed by atoms with E-state index in [0.29, 0.717) is 0 Å². The van der Waals surface area contributed by atoms with Crippen LogP contribution in [-0.4, -0.2) is 42.6 Å². The second-order valence-corrected chi connectivity index (χ2v) is 4.00. The Labute approximate surface area is 135 Å². The molecular weight excluding hydrogens is 327 g/mol. The van der Waals surface area contributed by atoms with Gasteiger partial charge in [-0.05, 0) is 17.6 Å². The molecule has 0 saturated heterocycles. The van der Waals surface area contributed by atoms with Gasteiger partial charge in [-0.2, -0.15) is 0 Å². The highest BCUT2D eigenvalue weighted by molar-refractivity contribution is 6.58. The van der Waals surface area contributed by atoms with E-state index >= 15 is 0 Å². The molecule has 2 aromatic rings. The average molecular weight is 340 g/mol. The van der Waals surface area contributed by atoms with Crippen LogP contribution < -0.4 is 5.46 Å². The summed E-state index contributed by atoms with van der Waals surface area (Å²) in [6, 6.07) is 10.1. The zero-order chi connectivity index (χ0) is 18.7. The molecule has 0 heterocycles. The molecule has 0 aliphatic carbocycles. The van der Waals surface area contributed by atoms with Gasteiger partial charge in [0.2, 0.25) is 0 Å². The lowest BCUT2D eigenvalue weighted by atomic mass is 9.80. The van der Waals surface area contributed by atoms with Crippen molar-refractivity contribution in [1.29, 1.82) is 0 Å². The van der Waals surface area contributed by atoms with Gasteiger partial charge in [0.15, 0.2) is 0 Å². The van der Waals surface area contributed by atoms with Crippen molar-refractivity contribution in [2.45, 2.75) is 0 Å². The van der Waals surface area contributed by atoms with E-state index in [0.717, 1.165) is 0 Å². The van der Waals surface area contributed by atoms with Gasteiger partial charge >= 0.3 is 7.12 Å². The van der Waals surface area contributed by atoms with Crippen LogP contribution in [-0.2, 0) is 0 Å². The zero-order valence-electron chi connectivity index (χ0n) is 12.0. The molecule has 24 heavy (non-hydrogen) atoms. The Kier molecular flexibility index (Phi) is 9.28. The summed E-state index contributed by atoms with van der Waals surface area (Å²) in [4.78, 5) is 19.1. The Morgan fingerprint density at radius 1 is 0.750 bits per heavy atom. The quantitative estimate of drug-likeness (QED) is 0.230. The van der Waals surface area contributed by atoms with Crippen LogP contribution in [0.1, 0.15) is 0 Å². The van der Waals surface area contributed by atoms with Crippen LogP contribution in [0.15, 0.2) is 48.5 Å². The minimum Gasteiger partial charge on any atom is -0.508 e. The first-order valence-corrected chi connectivity index (χ1v) is 6.05. The van der Waals surface area contributed by atoms with Crippen LogP contribution in [0.5, 0.6) is 5.75 Å². The van der Waals surface area contributed by atoms with Gasteiger partial charge in [-0.15, -0.1) is 0 Å². The lowest BCUT2D eigenvalue weighted by molar-refractivity contribution is -0.385. The fraction of sp³-hybridized carbons (Fsp3) is 0. The summed E-state index contributed by atoms with van der Waals surface area (Å²) in [5.41, 5.74) is 0.151. The number of non-ortho nitro benzene ring substituents is 2. The first-order chi connectivity index (χ1) is 11.3. The summed E-state index contributed by atoms with van der Waals surface area (Å²) in [5.74, 6) is 0.0330. The zero-order valence-corrected chi connectivity index (χ0v) is 12.0. The van der Waals surface area contributed by atoms with Crippen molar-refractivity contribution in [2.75, 3.05) is 0 Å². The third-order valence-corrected chi connectivity index (χ3v) is 2.46. The van der Waals surface area contributed by atoms with E-state index in [1.54, 1.807) is 0 Å². The summed E-state index contributed by atoms with van der Waals surface area (Å²) in [7, 11) is -1.58. The Morgan fingerprint density at radius 2 is 1.08 bits per heavy atom. The summed E-state index contributed by atoms with van der Waals surface area (Å²) < 4.78 is 0. The summed E-state index contributed by atoms with van der Waals surface area (Å²) in [6.45, 7) is 0. The third kappa shape index (κ3) is 7.28. The highest BCUT2D eigenvalue weighted by Gasteiger charge is 2.12. The molecule has 0 saturated carbocycles. The number of hydrogen-bond acceptors (Lipinski definition) is 9. The molecule has 11 nitrogen and oxygen atoms in total. The van der Waals surface area contributed by atoms with Crippen LogP contribution >= 0.6 is 0 Å². The molecule has 2 aromatic carbocycles. The Hall–Kier alpha value is -3.06. The van der Waals surface area contributed by atoms with Gasteiger partial charge in [0.05, 0.1) is 9.85 Å². The molecule has 0 radical (unpaired) electrons. The van der Waals surface area contributed by atoms with Crippen molar-refractivity contribution in [1.82, 2.24) is 0 Å². The number of aromatic hydroxyl groups is 1. The molecule has 0 amide bonds. The molecule has 0 fully saturated rings. The predicted molar refractivity (Wildman–Crippen MR) is 82.9 cm³/mol. The second-order valence-electron chi connectivity index (χ2n) is 4.00. The molecular formula is C12H13BN2O9. The number of nitro benzene ring substituents is 2. The highest BCUT2D eigenvalue weighted by atomic mass is 17.0. The lowest BCUT2D eigenvalue weighted by Gasteiger charge is -1.96. The van der Waals surface area contributed by atoms with Gasteiger partial charge in [0.25, 0.3) is 11.4 Å². The summed E-state index contributed by atoms with van der Waals surface area (Å²) in [6.07, 6.45) is 0. The van der Waals surface area contributed by atoms with Crippen molar-refractivity contribution < 1.29 is 35.5 Å². The van der Waals surface area contributed by atoms with Gasteiger partial charge < -0.3 is 15.2 Å². The third-order valence-electron chi connectivity index (χ3n) is 2.46. The molecule has 0 bridgehead atoms. The minimum absolute atomic E-state index is 0.0159.